The van der Waals surface area contributed by atoms with Crippen LogP contribution in [-0.2, 0) is 44.5 Å². The molecule has 0 amide bonds. The highest BCUT2D eigenvalue weighted by Gasteiger charge is 2.56. The van der Waals surface area contributed by atoms with Gasteiger partial charge in [-0.15, -0.1) is 0 Å². The predicted molar refractivity (Wildman–Crippen MR) is 209 cm³/mol. The van der Waals surface area contributed by atoms with E-state index >= 15 is 0 Å². The third kappa shape index (κ3) is 11.2. The van der Waals surface area contributed by atoms with Crippen LogP contribution in [0.25, 0.3) is 0 Å². The molecule has 1 aliphatic carbocycles. The molecule has 0 aromatic heterocycles. The second-order valence-corrected chi connectivity index (χ2v) is 17.6. The first kappa shape index (κ1) is 42.6. The van der Waals surface area contributed by atoms with Crippen LogP contribution < -0.4 is 0 Å². The van der Waals surface area contributed by atoms with Crippen molar-refractivity contribution < 1.29 is 37.9 Å². The van der Waals surface area contributed by atoms with E-state index in [0.717, 1.165) is 56.1 Å². The molecule has 2 aromatic rings. The van der Waals surface area contributed by atoms with Crippen molar-refractivity contribution in [3.63, 3.8) is 0 Å². The van der Waals surface area contributed by atoms with E-state index in [1.807, 2.05) is 74.5 Å². The van der Waals surface area contributed by atoms with Crippen molar-refractivity contribution in [1.29, 1.82) is 0 Å². The third-order valence-electron chi connectivity index (χ3n) is 13.1. The van der Waals surface area contributed by atoms with Crippen LogP contribution in [0, 0.1) is 33.5 Å². The molecule has 1 heterocycles. The first-order valence-corrected chi connectivity index (χ1v) is 19.9. The van der Waals surface area contributed by atoms with Crippen LogP contribution in [0.5, 0.6) is 0 Å². The van der Waals surface area contributed by atoms with Crippen LogP contribution in [0.3, 0.4) is 0 Å². The average Bonchev–Trinajstić information content (AvgIpc) is 3.15. The molecule has 2 aliphatic rings. The summed E-state index contributed by atoms with van der Waals surface area (Å²) in [5.41, 5.74) is -1.20. The second-order valence-electron chi connectivity index (χ2n) is 17.6. The Morgan fingerprint density at radius 2 is 1.40 bits per heavy atom. The lowest BCUT2D eigenvalue weighted by molar-refractivity contribution is -0.174. The van der Waals surface area contributed by atoms with Crippen LogP contribution >= 0.6 is 0 Å². The summed E-state index contributed by atoms with van der Waals surface area (Å²) in [6.45, 7) is 17.7. The van der Waals surface area contributed by atoms with Gasteiger partial charge in [-0.3, -0.25) is 14.4 Å². The molecule has 1 saturated carbocycles. The summed E-state index contributed by atoms with van der Waals surface area (Å²) < 4.78 is 29.3. The lowest BCUT2D eigenvalue weighted by Gasteiger charge is -2.52. The Morgan fingerprint density at radius 1 is 0.774 bits per heavy atom. The molecule has 2 aromatic carbocycles. The van der Waals surface area contributed by atoms with Gasteiger partial charge in [-0.05, 0) is 85.2 Å². The number of ether oxygens (including phenoxy) is 3. The molecule has 53 heavy (non-hydrogen) atoms. The van der Waals surface area contributed by atoms with E-state index in [1.54, 1.807) is 0 Å². The first-order valence-electron chi connectivity index (χ1n) is 19.9. The smallest absolute Gasteiger partial charge is 0.510 e. The van der Waals surface area contributed by atoms with Crippen molar-refractivity contribution in [2.75, 3.05) is 13.2 Å². The van der Waals surface area contributed by atoms with Gasteiger partial charge >= 0.3 is 19.6 Å². The number of rotatable bonds is 18. The Morgan fingerprint density at radius 3 is 2.02 bits per heavy atom. The normalized spacial score (nSPS) is 19.7. The zero-order valence-electron chi connectivity index (χ0n) is 33.7. The van der Waals surface area contributed by atoms with Gasteiger partial charge in [-0.25, -0.2) is 0 Å². The van der Waals surface area contributed by atoms with Gasteiger partial charge in [0.1, 0.15) is 12.9 Å². The molecular weight excluding hydrogens is 667 g/mol. The Balaban J connectivity index is 1.59. The van der Waals surface area contributed by atoms with E-state index in [2.05, 4.69) is 41.5 Å². The first-order chi connectivity index (χ1) is 25.1. The van der Waals surface area contributed by atoms with Crippen molar-refractivity contribution in [2.24, 2.45) is 33.5 Å². The van der Waals surface area contributed by atoms with Gasteiger partial charge in [0.05, 0.1) is 23.9 Å². The minimum Gasteiger partial charge on any atom is -0.512 e. The molecule has 1 aliphatic heterocycles. The number of esters is 2. The molecule has 0 N–H and O–H groups in total. The van der Waals surface area contributed by atoms with E-state index in [1.165, 1.54) is 6.42 Å². The molecule has 4 atom stereocenters. The summed E-state index contributed by atoms with van der Waals surface area (Å²) >= 11 is 0. The van der Waals surface area contributed by atoms with Crippen LogP contribution in [-0.4, -0.2) is 45.1 Å². The van der Waals surface area contributed by atoms with Gasteiger partial charge in [-0.2, -0.15) is 0 Å². The van der Waals surface area contributed by atoms with Crippen molar-refractivity contribution in [2.45, 2.75) is 138 Å². The maximum atomic E-state index is 14.7. The number of hydrogen-bond donors (Lipinski definition) is 0. The summed E-state index contributed by atoms with van der Waals surface area (Å²) in [4.78, 5) is 42.2. The molecular formula is C44H65BO8. The summed E-state index contributed by atoms with van der Waals surface area (Å²) in [6.07, 6.45) is 8.79. The second kappa shape index (κ2) is 18.9. The lowest BCUT2D eigenvalue weighted by Crippen LogP contribution is -2.52. The Labute approximate surface area is 319 Å². The molecule has 0 bridgehead atoms. The van der Waals surface area contributed by atoms with Crippen LogP contribution in [0.15, 0.2) is 60.7 Å². The molecule has 4 rings (SSSR count). The molecule has 2 fully saturated rings. The fraction of sp³-hybridized carbons (Fsp3) is 0.659. The van der Waals surface area contributed by atoms with Crippen LogP contribution in [0.4, 0.5) is 0 Å². The number of benzene rings is 2. The number of hydrogen-bond acceptors (Lipinski definition) is 8. The number of carbonyl (C=O) groups is 3. The van der Waals surface area contributed by atoms with Crippen molar-refractivity contribution >= 4 is 25.6 Å². The maximum absolute atomic E-state index is 14.7. The van der Waals surface area contributed by atoms with Gasteiger partial charge in [0.25, 0.3) is 5.97 Å². The minimum absolute atomic E-state index is 0.201. The van der Waals surface area contributed by atoms with E-state index in [9.17, 15) is 14.4 Å². The summed E-state index contributed by atoms with van der Waals surface area (Å²) in [5, 5.41) is 0. The Hall–Kier alpha value is -3.17. The molecule has 0 spiro atoms. The molecule has 8 nitrogen and oxygen atoms in total. The minimum atomic E-state index is -1.05. The highest BCUT2D eigenvalue weighted by molar-refractivity contribution is 6.22. The van der Waals surface area contributed by atoms with Crippen molar-refractivity contribution in [3.8, 4) is 0 Å². The van der Waals surface area contributed by atoms with E-state index < -0.39 is 39.5 Å². The van der Waals surface area contributed by atoms with Crippen molar-refractivity contribution in [1.82, 2.24) is 0 Å². The SMILES string of the molecule is CC(C(=O)OCc1ccccc1)C(C)(C)C(C)(C)CC(C)(C(=O)OCC1CCCCC1)C(C)(C)CC(C(=O)OBOC1CCCCO1)c1ccccc1. The van der Waals surface area contributed by atoms with Gasteiger partial charge in [0, 0.05) is 6.61 Å². The molecule has 0 radical (unpaired) electrons. The van der Waals surface area contributed by atoms with Gasteiger partial charge in [-0.1, -0.05) is 128 Å². The lowest BCUT2D eigenvalue weighted by atomic mass is 9.51. The van der Waals surface area contributed by atoms with Crippen LogP contribution in [0.1, 0.15) is 137 Å². The topological polar surface area (TPSA) is 97.4 Å². The highest BCUT2D eigenvalue weighted by Crippen LogP contribution is 2.58. The number of carbonyl (C=O) groups excluding carboxylic acids is 3. The van der Waals surface area contributed by atoms with E-state index in [4.69, 9.17) is 23.5 Å². The average molecular weight is 733 g/mol. The molecule has 1 saturated heterocycles. The fourth-order valence-corrected chi connectivity index (χ4v) is 8.01. The maximum Gasteiger partial charge on any atom is 0.510 e. The zero-order chi connectivity index (χ0) is 38.7. The van der Waals surface area contributed by atoms with Crippen LogP contribution in [0.2, 0.25) is 0 Å². The quantitative estimate of drug-likeness (QED) is 0.0850. The van der Waals surface area contributed by atoms with Crippen molar-refractivity contribution in [3.05, 3.63) is 71.8 Å². The molecule has 9 heteroatoms. The Kier molecular flexibility index (Phi) is 15.2. The standard InChI is InChI=1S/C44H65BO8/c1-32(38(46)50-29-33-20-12-9-13-21-33)43(6,7)42(4,5)31-44(8,40(48)51-30-34-22-14-10-15-23-34)41(2,3)28-36(35-24-16-11-17-25-35)39(47)53-45-52-37-26-18-19-27-49-37/h9,11-13,16-17,20-21,24-25,32,34,36-37,45H,10,14-15,18-19,22-23,26-31H2,1-8H3. The fourth-order valence-electron chi connectivity index (χ4n) is 8.01. The zero-order valence-corrected chi connectivity index (χ0v) is 33.7. The largest absolute Gasteiger partial charge is 0.512 e. The predicted octanol–water partition coefficient (Wildman–Crippen LogP) is 9.49. The Bertz CT molecular complexity index is 1450. The monoisotopic (exact) mass is 732 g/mol. The van der Waals surface area contributed by atoms with Gasteiger partial charge in [0.2, 0.25) is 0 Å². The summed E-state index contributed by atoms with van der Waals surface area (Å²) in [7, 11) is -0.201. The van der Waals surface area contributed by atoms with E-state index in [0.29, 0.717) is 32.0 Å². The highest BCUT2D eigenvalue weighted by atomic mass is 16.7. The van der Waals surface area contributed by atoms with Gasteiger partial charge in [0.15, 0.2) is 0 Å². The van der Waals surface area contributed by atoms with Gasteiger partial charge < -0.3 is 23.5 Å². The third-order valence-corrected chi connectivity index (χ3v) is 13.1. The van der Waals surface area contributed by atoms with E-state index in [-0.39, 0.29) is 32.5 Å². The molecule has 4 unspecified atom stereocenters. The summed E-state index contributed by atoms with van der Waals surface area (Å²) in [6, 6.07) is 19.3. The summed E-state index contributed by atoms with van der Waals surface area (Å²) in [5.74, 6) is -1.73. The molecule has 292 valence electrons.